The predicted molar refractivity (Wildman–Crippen MR) is 106 cm³/mol. The van der Waals surface area contributed by atoms with Crippen molar-refractivity contribution in [2.45, 2.75) is 38.2 Å². The van der Waals surface area contributed by atoms with Gasteiger partial charge in [0.25, 0.3) is 5.91 Å². The summed E-state index contributed by atoms with van der Waals surface area (Å²) in [7, 11) is 3.23. The van der Waals surface area contributed by atoms with Gasteiger partial charge in [0, 0.05) is 31.6 Å². The monoisotopic (exact) mass is 379 g/mol. The number of ether oxygens (including phenoxy) is 1. The molecule has 0 saturated carbocycles. The Balaban J connectivity index is 1.61. The van der Waals surface area contributed by atoms with Crippen LogP contribution >= 0.6 is 0 Å². The highest BCUT2D eigenvalue weighted by atomic mass is 16.5. The summed E-state index contributed by atoms with van der Waals surface area (Å²) in [6.45, 7) is 0. The zero-order valence-corrected chi connectivity index (χ0v) is 16.3. The molecule has 5 nitrogen and oxygen atoms in total. The van der Waals surface area contributed by atoms with Crippen LogP contribution in [0.4, 0.5) is 0 Å². The van der Waals surface area contributed by atoms with Crippen molar-refractivity contribution in [3.63, 3.8) is 0 Å². The standard InChI is InChI=1S/C23H25NO4/c1-24(2)23(27)22(17-7-4-3-5-8-17)28-21(26)14-13-20(25)19-12-11-16-9-6-10-18(16)15-19/h3-5,7-8,11-12,15,22H,6,9-10,13-14H2,1-2H3/t22-/m0/s1. The molecular weight excluding hydrogens is 354 g/mol. The molecule has 0 heterocycles. The molecule has 0 aromatic heterocycles. The highest BCUT2D eigenvalue weighted by molar-refractivity contribution is 5.98. The number of esters is 1. The summed E-state index contributed by atoms with van der Waals surface area (Å²) in [6, 6.07) is 14.7. The zero-order valence-electron chi connectivity index (χ0n) is 16.3. The number of hydrogen-bond acceptors (Lipinski definition) is 4. The average molecular weight is 379 g/mol. The van der Waals surface area contributed by atoms with Gasteiger partial charge in [-0.05, 0) is 36.5 Å². The minimum absolute atomic E-state index is 0.0556. The number of fused-ring (bicyclic) bond motifs is 1. The Hall–Kier alpha value is -2.95. The third kappa shape index (κ3) is 4.66. The number of carbonyl (C=O) groups is 3. The van der Waals surface area contributed by atoms with E-state index in [0.717, 1.165) is 19.3 Å². The quantitative estimate of drug-likeness (QED) is 0.545. The van der Waals surface area contributed by atoms with Gasteiger partial charge in [0.1, 0.15) is 0 Å². The average Bonchev–Trinajstić information content (AvgIpc) is 3.18. The van der Waals surface area contributed by atoms with Gasteiger partial charge in [-0.15, -0.1) is 0 Å². The van der Waals surface area contributed by atoms with Gasteiger partial charge < -0.3 is 9.64 Å². The summed E-state index contributed by atoms with van der Waals surface area (Å²) in [5.74, 6) is -0.954. The van der Waals surface area contributed by atoms with Crippen LogP contribution in [-0.4, -0.2) is 36.7 Å². The summed E-state index contributed by atoms with van der Waals surface area (Å²) in [5.41, 5.74) is 3.79. The van der Waals surface area contributed by atoms with Crippen LogP contribution < -0.4 is 0 Å². The van der Waals surface area contributed by atoms with Gasteiger partial charge >= 0.3 is 5.97 Å². The van der Waals surface area contributed by atoms with Crippen LogP contribution in [0.2, 0.25) is 0 Å². The first kappa shape index (κ1) is 19.8. The van der Waals surface area contributed by atoms with Gasteiger partial charge in [0.05, 0.1) is 6.42 Å². The second-order valence-electron chi connectivity index (χ2n) is 7.27. The summed E-state index contributed by atoms with van der Waals surface area (Å²) in [6.07, 6.45) is 2.20. The van der Waals surface area contributed by atoms with Crippen molar-refractivity contribution in [3.05, 3.63) is 70.8 Å². The molecule has 1 atom stereocenters. The lowest BCUT2D eigenvalue weighted by atomic mass is 10.0. The Morgan fingerprint density at radius 3 is 2.39 bits per heavy atom. The summed E-state index contributed by atoms with van der Waals surface area (Å²) in [5, 5.41) is 0. The smallest absolute Gasteiger partial charge is 0.307 e. The van der Waals surface area contributed by atoms with Crippen LogP contribution in [0.15, 0.2) is 48.5 Å². The van der Waals surface area contributed by atoms with Gasteiger partial charge in [-0.1, -0.05) is 42.5 Å². The number of ketones is 1. The first-order chi connectivity index (χ1) is 13.5. The molecule has 0 bridgehead atoms. The van der Waals surface area contributed by atoms with Crippen LogP contribution in [-0.2, 0) is 27.2 Å². The number of likely N-dealkylation sites (N-methyl/N-ethyl adjacent to an activating group) is 1. The number of hydrogen-bond donors (Lipinski definition) is 0. The zero-order chi connectivity index (χ0) is 20.1. The normalized spacial score (nSPS) is 13.5. The number of rotatable bonds is 7. The number of nitrogens with zero attached hydrogens (tertiary/aromatic N) is 1. The van der Waals surface area contributed by atoms with Gasteiger partial charge in [-0.2, -0.15) is 0 Å². The van der Waals surface area contributed by atoms with E-state index in [0.29, 0.717) is 11.1 Å². The second-order valence-corrected chi connectivity index (χ2v) is 7.27. The molecule has 0 unspecified atom stereocenters. The number of benzene rings is 2. The highest BCUT2D eigenvalue weighted by Gasteiger charge is 2.26. The van der Waals surface area contributed by atoms with Gasteiger partial charge in [0.15, 0.2) is 5.78 Å². The van der Waals surface area contributed by atoms with Crippen molar-refractivity contribution in [1.29, 1.82) is 0 Å². The van der Waals surface area contributed by atoms with Crippen molar-refractivity contribution in [1.82, 2.24) is 4.90 Å². The van der Waals surface area contributed by atoms with Crippen molar-refractivity contribution in [2.24, 2.45) is 0 Å². The maximum absolute atomic E-state index is 12.5. The molecule has 0 saturated heterocycles. The molecule has 1 amide bonds. The highest BCUT2D eigenvalue weighted by Crippen LogP contribution is 2.24. The minimum atomic E-state index is -1.00. The maximum Gasteiger partial charge on any atom is 0.307 e. The van der Waals surface area contributed by atoms with Crippen LogP contribution in [0.3, 0.4) is 0 Å². The Morgan fingerprint density at radius 1 is 0.964 bits per heavy atom. The second kappa shape index (κ2) is 8.83. The largest absolute Gasteiger partial charge is 0.447 e. The van der Waals surface area contributed by atoms with Crippen molar-refractivity contribution in [3.8, 4) is 0 Å². The molecule has 28 heavy (non-hydrogen) atoms. The first-order valence-corrected chi connectivity index (χ1v) is 9.56. The van der Waals surface area contributed by atoms with Crippen molar-refractivity contribution >= 4 is 17.7 Å². The van der Waals surface area contributed by atoms with Crippen LogP contribution in [0, 0.1) is 0 Å². The molecule has 0 fully saturated rings. The fraction of sp³-hybridized carbons (Fsp3) is 0.348. The third-order valence-electron chi connectivity index (χ3n) is 4.99. The molecule has 2 aromatic carbocycles. The Bertz CT molecular complexity index is 873. The van der Waals surface area contributed by atoms with E-state index in [2.05, 4.69) is 0 Å². The predicted octanol–water partition coefficient (Wildman–Crippen LogP) is 3.51. The molecule has 2 aromatic rings. The summed E-state index contributed by atoms with van der Waals surface area (Å²) < 4.78 is 5.44. The molecular formula is C23H25NO4. The molecule has 0 N–H and O–H groups in total. The Labute approximate surface area is 165 Å². The molecule has 3 rings (SSSR count). The van der Waals surface area contributed by atoms with E-state index in [9.17, 15) is 14.4 Å². The number of carbonyl (C=O) groups excluding carboxylic acids is 3. The van der Waals surface area contributed by atoms with Gasteiger partial charge in [-0.3, -0.25) is 14.4 Å². The molecule has 1 aliphatic rings. The van der Waals surface area contributed by atoms with E-state index in [1.807, 2.05) is 24.3 Å². The van der Waals surface area contributed by atoms with E-state index in [1.165, 1.54) is 16.0 Å². The molecule has 146 valence electrons. The first-order valence-electron chi connectivity index (χ1n) is 9.56. The minimum Gasteiger partial charge on any atom is -0.447 e. The number of aryl methyl sites for hydroxylation is 2. The SMILES string of the molecule is CN(C)C(=O)[C@@H](OC(=O)CCC(=O)c1ccc2c(c1)CCC2)c1ccccc1. The van der Waals surface area contributed by atoms with E-state index >= 15 is 0 Å². The fourth-order valence-electron chi connectivity index (χ4n) is 3.42. The van der Waals surface area contributed by atoms with Crippen LogP contribution in [0.5, 0.6) is 0 Å². The van der Waals surface area contributed by atoms with E-state index in [4.69, 9.17) is 4.74 Å². The molecule has 0 spiro atoms. The van der Waals surface area contributed by atoms with Gasteiger partial charge in [-0.25, -0.2) is 0 Å². The Kier molecular flexibility index (Phi) is 6.24. The lowest BCUT2D eigenvalue weighted by Crippen LogP contribution is -2.31. The van der Waals surface area contributed by atoms with E-state index < -0.39 is 12.1 Å². The Morgan fingerprint density at radius 2 is 1.68 bits per heavy atom. The third-order valence-corrected chi connectivity index (χ3v) is 4.99. The molecule has 1 aliphatic carbocycles. The fourth-order valence-corrected chi connectivity index (χ4v) is 3.42. The lowest BCUT2D eigenvalue weighted by Gasteiger charge is -2.21. The van der Waals surface area contributed by atoms with Crippen LogP contribution in [0.25, 0.3) is 0 Å². The molecule has 0 radical (unpaired) electrons. The topological polar surface area (TPSA) is 63.7 Å². The number of amides is 1. The summed E-state index contributed by atoms with van der Waals surface area (Å²) in [4.78, 5) is 38.6. The molecule has 0 aliphatic heterocycles. The van der Waals surface area contributed by atoms with Crippen molar-refractivity contribution in [2.75, 3.05) is 14.1 Å². The molecule has 5 heteroatoms. The van der Waals surface area contributed by atoms with E-state index in [1.54, 1.807) is 38.4 Å². The van der Waals surface area contributed by atoms with Crippen LogP contribution in [0.1, 0.15) is 52.4 Å². The lowest BCUT2D eigenvalue weighted by molar-refractivity contribution is -0.159. The summed E-state index contributed by atoms with van der Waals surface area (Å²) >= 11 is 0. The van der Waals surface area contributed by atoms with Crippen molar-refractivity contribution < 1.29 is 19.1 Å². The van der Waals surface area contributed by atoms with Gasteiger partial charge in [0.2, 0.25) is 6.10 Å². The number of Topliss-reactive ketones (excluding diaryl/α,β-unsaturated/α-hetero) is 1. The maximum atomic E-state index is 12.5. The van der Waals surface area contributed by atoms with E-state index in [-0.39, 0.29) is 24.5 Å².